The van der Waals surface area contributed by atoms with Gasteiger partial charge in [0.1, 0.15) is 5.82 Å². The molecule has 1 amide bonds. The Morgan fingerprint density at radius 2 is 2.10 bits per heavy atom. The molecule has 0 aliphatic heterocycles. The smallest absolute Gasteiger partial charge is 0.226 e. The van der Waals surface area contributed by atoms with Gasteiger partial charge in [0.05, 0.1) is 11.0 Å². The summed E-state index contributed by atoms with van der Waals surface area (Å²) >= 11 is 0. The highest BCUT2D eigenvalue weighted by Gasteiger charge is 2.10. The number of aryl methyl sites for hydroxylation is 2. The number of para-hydroxylation sites is 2. The van der Waals surface area contributed by atoms with Crippen LogP contribution in [0.3, 0.4) is 0 Å². The minimum Gasteiger partial charge on any atom is -0.342 e. The van der Waals surface area contributed by atoms with Gasteiger partial charge < -0.3 is 10.3 Å². The summed E-state index contributed by atoms with van der Waals surface area (Å²) in [6.07, 6.45) is 0.939. The number of rotatable bonds is 4. The van der Waals surface area contributed by atoms with Crippen LogP contribution >= 0.6 is 0 Å². The van der Waals surface area contributed by atoms with E-state index in [0.717, 1.165) is 28.1 Å². The molecule has 0 unspecified atom stereocenters. The molecule has 0 bridgehead atoms. The predicted octanol–water partition coefficient (Wildman–Crippen LogP) is 2.47. The van der Waals surface area contributed by atoms with E-state index in [0.29, 0.717) is 18.7 Å². The number of benzene rings is 1. The van der Waals surface area contributed by atoms with Crippen molar-refractivity contribution in [1.29, 1.82) is 0 Å². The van der Waals surface area contributed by atoms with Gasteiger partial charge in [-0.1, -0.05) is 12.1 Å². The number of nitrogens with zero attached hydrogens (tertiary/aromatic N) is 2. The molecule has 0 saturated heterocycles. The lowest BCUT2D eigenvalue weighted by Crippen LogP contribution is -2.13. The average Bonchev–Trinajstić information content (AvgIpc) is 3.03. The SMILES string of the molecule is Cc1[nH]nc(NC(=O)CCc2nc3ccccc3[nH]2)c1C. The number of aromatic nitrogens is 4. The molecule has 0 spiro atoms. The molecule has 2 aromatic heterocycles. The number of amides is 1. The second kappa shape index (κ2) is 5.40. The van der Waals surface area contributed by atoms with Crippen LogP contribution in [0.15, 0.2) is 24.3 Å². The molecule has 3 rings (SSSR count). The van der Waals surface area contributed by atoms with E-state index in [9.17, 15) is 4.79 Å². The third-order valence-corrected chi connectivity index (χ3v) is 3.54. The molecule has 3 N–H and O–H groups in total. The number of anilines is 1. The summed E-state index contributed by atoms with van der Waals surface area (Å²) in [6.45, 7) is 3.85. The van der Waals surface area contributed by atoms with Crippen molar-refractivity contribution in [2.45, 2.75) is 26.7 Å². The van der Waals surface area contributed by atoms with Crippen molar-refractivity contribution in [3.63, 3.8) is 0 Å². The van der Waals surface area contributed by atoms with Crippen LogP contribution in [0, 0.1) is 13.8 Å². The van der Waals surface area contributed by atoms with E-state index in [1.165, 1.54) is 0 Å². The molecule has 0 radical (unpaired) electrons. The number of nitrogens with one attached hydrogen (secondary N) is 3. The Morgan fingerprint density at radius 1 is 1.29 bits per heavy atom. The molecular weight excluding hydrogens is 266 g/mol. The Bertz CT molecular complexity index is 753. The first-order valence-corrected chi connectivity index (χ1v) is 6.88. The monoisotopic (exact) mass is 283 g/mol. The molecule has 21 heavy (non-hydrogen) atoms. The van der Waals surface area contributed by atoms with Crippen LogP contribution in [-0.2, 0) is 11.2 Å². The average molecular weight is 283 g/mol. The van der Waals surface area contributed by atoms with Crippen molar-refractivity contribution in [3.05, 3.63) is 41.3 Å². The van der Waals surface area contributed by atoms with Crippen molar-refractivity contribution < 1.29 is 4.79 Å². The largest absolute Gasteiger partial charge is 0.342 e. The fourth-order valence-corrected chi connectivity index (χ4v) is 2.16. The van der Waals surface area contributed by atoms with Gasteiger partial charge in [-0.25, -0.2) is 4.98 Å². The number of carbonyl (C=O) groups is 1. The second-order valence-corrected chi connectivity index (χ2v) is 5.07. The van der Waals surface area contributed by atoms with E-state index >= 15 is 0 Å². The molecule has 6 heteroatoms. The topological polar surface area (TPSA) is 86.5 Å². The third-order valence-electron chi connectivity index (χ3n) is 3.54. The van der Waals surface area contributed by atoms with Crippen molar-refractivity contribution in [2.75, 3.05) is 5.32 Å². The summed E-state index contributed by atoms with van der Waals surface area (Å²) in [5, 5.41) is 9.73. The van der Waals surface area contributed by atoms with Gasteiger partial charge in [-0.15, -0.1) is 0 Å². The van der Waals surface area contributed by atoms with E-state index in [4.69, 9.17) is 0 Å². The molecule has 0 aliphatic carbocycles. The molecule has 0 fully saturated rings. The molecule has 6 nitrogen and oxygen atoms in total. The number of aromatic amines is 2. The molecule has 0 aliphatic rings. The van der Waals surface area contributed by atoms with Crippen LogP contribution in [0.2, 0.25) is 0 Å². The highest BCUT2D eigenvalue weighted by molar-refractivity contribution is 5.90. The molecular formula is C15H17N5O. The Hall–Kier alpha value is -2.63. The zero-order valence-corrected chi connectivity index (χ0v) is 12.0. The zero-order valence-electron chi connectivity index (χ0n) is 12.0. The lowest BCUT2D eigenvalue weighted by molar-refractivity contribution is -0.116. The number of imidazole rings is 1. The first-order valence-electron chi connectivity index (χ1n) is 6.88. The summed E-state index contributed by atoms with van der Waals surface area (Å²) in [5.41, 5.74) is 3.84. The van der Waals surface area contributed by atoms with E-state index in [-0.39, 0.29) is 5.91 Å². The quantitative estimate of drug-likeness (QED) is 0.687. The zero-order chi connectivity index (χ0) is 14.8. The Kier molecular flexibility index (Phi) is 3.43. The fourth-order valence-electron chi connectivity index (χ4n) is 2.16. The number of fused-ring (bicyclic) bond motifs is 1. The van der Waals surface area contributed by atoms with Gasteiger partial charge in [-0.3, -0.25) is 9.89 Å². The van der Waals surface area contributed by atoms with Crippen LogP contribution < -0.4 is 5.32 Å². The highest BCUT2D eigenvalue weighted by atomic mass is 16.1. The lowest BCUT2D eigenvalue weighted by atomic mass is 10.2. The van der Waals surface area contributed by atoms with E-state index in [1.54, 1.807) is 0 Å². The third kappa shape index (κ3) is 2.79. The van der Waals surface area contributed by atoms with Crippen LogP contribution in [-0.4, -0.2) is 26.1 Å². The number of carbonyl (C=O) groups excluding carboxylic acids is 1. The molecule has 0 saturated carbocycles. The molecule has 108 valence electrons. The van der Waals surface area contributed by atoms with Gasteiger partial charge in [0, 0.05) is 24.1 Å². The van der Waals surface area contributed by atoms with Crippen LogP contribution in [0.4, 0.5) is 5.82 Å². The maximum absolute atomic E-state index is 12.0. The fraction of sp³-hybridized carbons (Fsp3) is 0.267. The van der Waals surface area contributed by atoms with Crippen molar-refractivity contribution in [2.24, 2.45) is 0 Å². The lowest BCUT2D eigenvalue weighted by Gasteiger charge is -2.02. The molecule has 2 heterocycles. The standard InChI is InChI=1S/C15H17N5O/c1-9-10(2)19-20-15(9)18-14(21)8-7-13-16-11-5-3-4-6-12(11)17-13/h3-6H,7-8H2,1-2H3,(H,16,17)(H2,18,19,20,21). The maximum Gasteiger partial charge on any atom is 0.226 e. The van der Waals surface area contributed by atoms with Crippen LogP contribution in [0.5, 0.6) is 0 Å². The van der Waals surface area contributed by atoms with Crippen molar-refractivity contribution >= 4 is 22.8 Å². The van der Waals surface area contributed by atoms with E-state index in [2.05, 4.69) is 25.5 Å². The molecule has 0 atom stereocenters. The van der Waals surface area contributed by atoms with Crippen molar-refractivity contribution in [1.82, 2.24) is 20.2 Å². The normalized spacial score (nSPS) is 11.0. The second-order valence-electron chi connectivity index (χ2n) is 5.07. The highest BCUT2D eigenvalue weighted by Crippen LogP contribution is 2.15. The summed E-state index contributed by atoms with van der Waals surface area (Å²) in [7, 11) is 0. The minimum absolute atomic E-state index is 0.0648. The van der Waals surface area contributed by atoms with Gasteiger partial charge >= 0.3 is 0 Å². The summed E-state index contributed by atoms with van der Waals surface area (Å²) in [6, 6.07) is 7.83. The Labute approximate surface area is 122 Å². The van der Waals surface area contributed by atoms with Crippen LogP contribution in [0.1, 0.15) is 23.5 Å². The minimum atomic E-state index is -0.0648. The van der Waals surface area contributed by atoms with E-state index in [1.807, 2.05) is 38.1 Å². The number of hydrogen-bond donors (Lipinski definition) is 3. The van der Waals surface area contributed by atoms with Gasteiger partial charge in [0.25, 0.3) is 0 Å². The van der Waals surface area contributed by atoms with E-state index < -0.39 is 0 Å². The summed E-state index contributed by atoms with van der Waals surface area (Å²) in [4.78, 5) is 19.6. The molecule has 1 aromatic carbocycles. The van der Waals surface area contributed by atoms with Crippen molar-refractivity contribution in [3.8, 4) is 0 Å². The van der Waals surface area contributed by atoms with Gasteiger partial charge in [0.15, 0.2) is 5.82 Å². The summed E-state index contributed by atoms with van der Waals surface area (Å²) < 4.78 is 0. The Morgan fingerprint density at radius 3 is 2.81 bits per heavy atom. The Balaban J connectivity index is 1.62. The first-order chi connectivity index (χ1) is 10.1. The number of H-pyrrole nitrogens is 2. The number of hydrogen-bond acceptors (Lipinski definition) is 3. The maximum atomic E-state index is 12.0. The molecule has 3 aromatic rings. The first kappa shape index (κ1) is 13.4. The predicted molar refractivity (Wildman–Crippen MR) is 81.1 cm³/mol. The van der Waals surface area contributed by atoms with Gasteiger partial charge in [-0.05, 0) is 26.0 Å². The summed E-state index contributed by atoms with van der Waals surface area (Å²) in [5.74, 6) is 1.36. The van der Waals surface area contributed by atoms with Gasteiger partial charge in [0.2, 0.25) is 5.91 Å². The van der Waals surface area contributed by atoms with Crippen LogP contribution in [0.25, 0.3) is 11.0 Å². The van der Waals surface area contributed by atoms with Gasteiger partial charge in [-0.2, -0.15) is 5.10 Å².